The molecule has 0 aliphatic heterocycles. The average molecular weight is 279 g/mol. The Kier molecular flexibility index (Phi) is 3.70. The largest absolute Gasteiger partial charge is 0.574 e. The molecule has 18 heavy (non-hydrogen) atoms. The Labute approximate surface area is 94.8 Å². The predicted molar refractivity (Wildman–Crippen MR) is 41.8 cm³/mol. The van der Waals surface area contributed by atoms with Gasteiger partial charge in [-0.15, -0.1) is 13.2 Å². The van der Waals surface area contributed by atoms with Gasteiger partial charge >= 0.3 is 12.5 Å². The van der Waals surface area contributed by atoms with Gasteiger partial charge in [-0.2, -0.15) is 13.2 Å². The van der Waals surface area contributed by atoms with Crippen LogP contribution in [-0.4, -0.2) is 16.5 Å². The van der Waals surface area contributed by atoms with E-state index in [2.05, 4.69) is 9.72 Å². The van der Waals surface area contributed by atoms with E-state index < -0.39 is 42.0 Å². The number of ether oxygens (including phenoxy) is 1. The van der Waals surface area contributed by atoms with Gasteiger partial charge in [-0.25, -0.2) is 9.37 Å². The smallest absolute Gasteiger partial charge is 0.392 e. The molecule has 0 aliphatic rings. The third kappa shape index (κ3) is 3.22. The lowest BCUT2D eigenvalue weighted by molar-refractivity contribution is -0.278. The molecule has 0 spiro atoms. The topological polar surface area (TPSA) is 42.4 Å². The van der Waals surface area contributed by atoms with Gasteiger partial charge < -0.3 is 9.84 Å². The quantitative estimate of drug-likeness (QED) is 0.846. The van der Waals surface area contributed by atoms with Crippen molar-refractivity contribution in [1.29, 1.82) is 0 Å². The Morgan fingerprint density at radius 3 is 2.11 bits per heavy atom. The van der Waals surface area contributed by atoms with E-state index in [4.69, 9.17) is 5.11 Å². The van der Waals surface area contributed by atoms with E-state index in [0.29, 0.717) is 6.20 Å². The average Bonchev–Trinajstić information content (AvgIpc) is 2.13. The van der Waals surface area contributed by atoms with Crippen LogP contribution >= 0.6 is 0 Å². The molecule has 0 bridgehead atoms. The zero-order valence-electron chi connectivity index (χ0n) is 8.23. The summed E-state index contributed by atoms with van der Waals surface area (Å²) >= 11 is 0. The summed E-state index contributed by atoms with van der Waals surface area (Å²) in [5.41, 5.74) is -3.21. The first kappa shape index (κ1) is 14.5. The lowest BCUT2D eigenvalue weighted by Crippen LogP contribution is -2.22. The molecular formula is C8H4F7NO2. The molecule has 1 rings (SSSR count). The number of hydrogen-bond acceptors (Lipinski definition) is 3. The Morgan fingerprint density at radius 2 is 1.72 bits per heavy atom. The second-order valence-corrected chi connectivity index (χ2v) is 2.98. The van der Waals surface area contributed by atoms with Gasteiger partial charge in [0.2, 0.25) is 5.88 Å². The molecule has 0 saturated heterocycles. The summed E-state index contributed by atoms with van der Waals surface area (Å²) in [6.45, 7) is -1.14. The van der Waals surface area contributed by atoms with Gasteiger partial charge in [-0.3, -0.25) is 0 Å². The maximum absolute atomic E-state index is 13.2. The predicted octanol–water partition coefficient (Wildman–Crippen LogP) is 2.63. The third-order valence-electron chi connectivity index (χ3n) is 1.72. The molecule has 0 aromatic carbocycles. The van der Waals surface area contributed by atoms with Crippen molar-refractivity contribution in [2.75, 3.05) is 0 Å². The normalized spacial score (nSPS) is 12.7. The zero-order chi connectivity index (χ0) is 14.1. The second kappa shape index (κ2) is 4.59. The van der Waals surface area contributed by atoms with Crippen LogP contribution in [0, 0.1) is 5.82 Å². The van der Waals surface area contributed by atoms with Gasteiger partial charge in [0.15, 0.2) is 5.56 Å². The number of pyridine rings is 1. The van der Waals surface area contributed by atoms with Crippen LogP contribution in [-0.2, 0) is 12.8 Å². The van der Waals surface area contributed by atoms with Crippen molar-refractivity contribution in [3.63, 3.8) is 0 Å². The summed E-state index contributed by atoms with van der Waals surface area (Å²) < 4.78 is 88.9. The molecule has 0 saturated carbocycles. The molecule has 0 amide bonds. The minimum Gasteiger partial charge on any atom is -0.392 e. The summed E-state index contributed by atoms with van der Waals surface area (Å²) in [6.07, 6.45) is -10.6. The van der Waals surface area contributed by atoms with Gasteiger partial charge in [0, 0.05) is 11.8 Å². The van der Waals surface area contributed by atoms with Crippen molar-refractivity contribution < 1.29 is 40.6 Å². The van der Waals surface area contributed by atoms with Crippen LogP contribution in [0.5, 0.6) is 5.88 Å². The minimum absolute atomic E-state index is 0.325. The number of halogens is 7. The molecule has 0 unspecified atom stereocenters. The first-order valence-electron chi connectivity index (χ1n) is 4.17. The maximum Gasteiger partial charge on any atom is 0.574 e. The molecule has 10 heteroatoms. The van der Waals surface area contributed by atoms with Crippen molar-refractivity contribution in [3.05, 3.63) is 23.1 Å². The van der Waals surface area contributed by atoms with E-state index in [1.807, 2.05) is 0 Å². The fourth-order valence-corrected chi connectivity index (χ4v) is 1.06. The number of hydrogen-bond donors (Lipinski definition) is 1. The Bertz CT molecular complexity index is 440. The molecule has 0 radical (unpaired) electrons. The number of nitrogens with zero attached hydrogens (tertiary/aromatic N) is 1. The fourth-order valence-electron chi connectivity index (χ4n) is 1.06. The summed E-state index contributed by atoms with van der Waals surface area (Å²) in [5, 5.41) is 8.52. The highest BCUT2D eigenvalue weighted by atomic mass is 19.4. The molecule has 1 heterocycles. The van der Waals surface area contributed by atoms with Crippen LogP contribution in [0.3, 0.4) is 0 Å². The molecule has 102 valence electrons. The first-order valence-corrected chi connectivity index (χ1v) is 4.17. The third-order valence-corrected chi connectivity index (χ3v) is 1.72. The van der Waals surface area contributed by atoms with Crippen molar-refractivity contribution in [1.82, 2.24) is 4.98 Å². The van der Waals surface area contributed by atoms with Crippen LogP contribution in [0.2, 0.25) is 0 Å². The molecule has 0 fully saturated rings. The highest BCUT2D eigenvalue weighted by molar-refractivity contribution is 5.34. The Balaban J connectivity index is 3.39. The number of aromatic nitrogens is 1. The summed E-state index contributed by atoms with van der Waals surface area (Å²) in [5.74, 6) is -4.01. The molecule has 1 aromatic rings. The van der Waals surface area contributed by atoms with E-state index >= 15 is 0 Å². The van der Waals surface area contributed by atoms with E-state index in [9.17, 15) is 30.7 Å². The number of aliphatic hydroxyl groups excluding tert-OH is 1. The lowest BCUT2D eigenvalue weighted by atomic mass is 10.2. The fraction of sp³-hybridized carbons (Fsp3) is 0.375. The molecule has 1 N–H and O–H groups in total. The van der Waals surface area contributed by atoms with Crippen molar-refractivity contribution in [2.45, 2.75) is 19.1 Å². The Morgan fingerprint density at radius 1 is 1.17 bits per heavy atom. The monoisotopic (exact) mass is 279 g/mol. The highest BCUT2D eigenvalue weighted by Gasteiger charge is 2.43. The number of rotatable bonds is 2. The van der Waals surface area contributed by atoms with E-state index in [1.54, 1.807) is 0 Å². The van der Waals surface area contributed by atoms with Gasteiger partial charge in [-0.05, 0) is 0 Å². The minimum atomic E-state index is -5.44. The van der Waals surface area contributed by atoms with E-state index in [1.165, 1.54) is 0 Å². The van der Waals surface area contributed by atoms with Crippen LogP contribution in [0.25, 0.3) is 0 Å². The van der Waals surface area contributed by atoms with Crippen molar-refractivity contribution >= 4 is 0 Å². The van der Waals surface area contributed by atoms with Gasteiger partial charge in [0.05, 0.1) is 6.61 Å². The van der Waals surface area contributed by atoms with Crippen molar-refractivity contribution in [3.8, 4) is 5.88 Å². The van der Waals surface area contributed by atoms with Crippen LogP contribution in [0.4, 0.5) is 30.7 Å². The van der Waals surface area contributed by atoms with E-state index in [0.717, 1.165) is 0 Å². The standard InChI is InChI=1S/C8H4F7NO2/c9-5-3(2-17)1-16-6(18-8(13,14)15)4(5)7(10,11)12/h1,17H,2H2. The van der Waals surface area contributed by atoms with Crippen LogP contribution in [0.1, 0.15) is 11.1 Å². The van der Waals surface area contributed by atoms with Gasteiger partial charge in [0.1, 0.15) is 5.82 Å². The number of aliphatic hydroxyl groups is 1. The first-order chi connectivity index (χ1) is 8.06. The maximum atomic E-state index is 13.2. The lowest BCUT2D eigenvalue weighted by Gasteiger charge is -2.15. The summed E-state index contributed by atoms with van der Waals surface area (Å²) in [7, 11) is 0. The SMILES string of the molecule is OCc1cnc(OC(F)(F)F)c(C(F)(F)F)c1F. The van der Waals surface area contributed by atoms with Crippen LogP contribution in [0.15, 0.2) is 6.20 Å². The van der Waals surface area contributed by atoms with Crippen molar-refractivity contribution in [2.24, 2.45) is 0 Å². The number of alkyl halides is 6. The zero-order valence-corrected chi connectivity index (χ0v) is 8.23. The highest BCUT2D eigenvalue weighted by Crippen LogP contribution is 2.39. The van der Waals surface area contributed by atoms with Crippen LogP contribution < -0.4 is 4.74 Å². The van der Waals surface area contributed by atoms with Gasteiger partial charge in [0.25, 0.3) is 0 Å². The molecule has 0 aliphatic carbocycles. The summed E-state index contributed by atoms with van der Waals surface area (Å²) in [4.78, 5) is 2.70. The second-order valence-electron chi connectivity index (χ2n) is 2.98. The summed E-state index contributed by atoms with van der Waals surface area (Å²) in [6, 6.07) is 0. The molecular weight excluding hydrogens is 275 g/mol. The molecule has 3 nitrogen and oxygen atoms in total. The molecule has 1 aromatic heterocycles. The Hall–Kier alpha value is -1.58. The van der Waals surface area contributed by atoms with E-state index in [-0.39, 0.29) is 0 Å². The van der Waals surface area contributed by atoms with Gasteiger partial charge in [-0.1, -0.05) is 0 Å². The molecule has 0 atom stereocenters.